The molecule has 0 bridgehead atoms. The van der Waals surface area contributed by atoms with Crippen LogP contribution in [0.1, 0.15) is 25.7 Å². The number of amides is 2. The Kier molecular flexibility index (Phi) is 1.87. The van der Waals surface area contributed by atoms with Crippen LogP contribution in [0.4, 0.5) is 0 Å². The molecule has 3 nitrogen and oxygen atoms in total. The topological polar surface area (TPSA) is 37.4 Å². The van der Waals surface area contributed by atoms with Crippen molar-refractivity contribution in [1.29, 1.82) is 0 Å². The fourth-order valence-corrected chi connectivity index (χ4v) is 2.44. The Hall–Kier alpha value is -0.510. The van der Waals surface area contributed by atoms with Gasteiger partial charge in [0.15, 0.2) is 0 Å². The number of fused-ring (bicyclic) bond motifs is 1. The van der Waals surface area contributed by atoms with Crippen molar-refractivity contribution in [2.24, 2.45) is 11.8 Å². The Morgan fingerprint density at radius 1 is 1.08 bits per heavy atom. The van der Waals surface area contributed by atoms with Gasteiger partial charge in [0.2, 0.25) is 11.8 Å². The average Bonchev–Trinajstić information content (AvgIpc) is 2.33. The minimum atomic E-state index is -0.0898. The third-order valence-electron chi connectivity index (χ3n) is 2.82. The molecule has 2 rings (SSSR count). The van der Waals surface area contributed by atoms with Gasteiger partial charge < -0.3 is 0 Å². The Bertz CT molecular complexity index is 217. The predicted octanol–water partition coefficient (Wildman–Crippen LogP) is 1.01. The molecule has 1 aliphatic heterocycles. The van der Waals surface area contributed by atoms with E-state index in [0.717, 1.165) is 30.0 Å². The van der Waals surface area contributed by atoms with Gasteiger partial charge in [-0.05, 0) is 12.8 Å². The van der Waals surface area contributed by atoms with Crippen molar-refractivity contribution in [3.05, 3.63) is 0 Å². The molecule has 0 radical (unpaired) electrons. The molecule has 1 saturated carbocycles. The van der Waals surface area contributed by atoms with E-state index in [1.165, 1.54) is 0 Å². The zero-order valence-electron chi connectivity index (χ0n) is 6.69. The molecular weight excluding hydrogens is 174 g/mol. The minimum absolute atomic E-state index is 0.0521. The molecule has 2 unspecified atom stereocenters. The number of carbonyl (C=O) groups excluding carboxylic acids is 2. The number of nitrogens with zero attached hydrogens (tertiary/aromatic N) is 1. The maximum Gasteiger partial charge on any atom is 0.243 e. The lowest BCUT2D eigenvalue weighted by Crippen LogP contribution is -2.21. The summed E-state index contributed by atoms with van der Waals surface area (Å²) in [7, 11) is 0. The van der Waals surface area contributed by atoms with E-state index < -0.39 is 0 Å². The summed E-state index contributed by atoms with van der Waals surface area (Å²) in [4.78, 5) is 22.8. The molecular formula is C8H11NO2S. The monoisotopic (exact) mass is 185 g/mol. The van der Waals surface area contributed by atoms with E-state index >= 15 is 0 Å². The van der Waals surface area contributed by atoms with Crippen molar-refractivity contribution in [1.82, 2.24) is 4.31 Å². The third kappa shape index (κ3) is 0.975. The van der Waals surface area contributed by atoms with Gasteiger partial charge in [0.1, 0.15) is 0 Å². The second kappa shape index (κ2) is 2.76. The molecule has 0 aromatic rings. The molecule has 4 heteroatoms. The summed E-state index contributed by atoms with van der Waals surface area (Å²) in [6, 6.07) is 0. The molecule has 0 aromatic carbocycles. The van der Waals surface area contributed by atoms with Crippen LogP contribution in [0.3, 0.4) is 0 Å². The minimum Gasteiger partial charge on any atom is -0.273 e. The number of imide groups is 1. The summed E-state index contributed by atoms with van der Waals surface area (Å²) < 4.78 is 1.00. The average molecular weight is 185 g/mol. The first kappa shape index (κ1) is 8.10. The van der Waals surface area contributed by atoms with Crippen LogP contribution < -0.4 is 0 Å². The highest BCUT2D eigenvalue weighted by molar-refractivity contribution is 7.79. The summed E-state index contributed by atoms with van der Waals surface area (Å²) in [6.07, 6.45) is 3.88. The summed E-state index contributed by atoms with van der Waals surface area (Å²) >= 11 is 3.87. The van der Waals surface area contributed by atoms with Crippen molar-refractivity contribution < 1.29 is 9.59 Å². The van der Waals surface area contributed by atoms with Crippen molar-refractivity contribution in [3.8, 4) is 0 Å². The lowest BCUT2D eigenvalue weighted by Gasteiger charge is -2.19. The van der Waals surface area contributed by atoms with E-state index in [-0.39, 0.29) is 23.7 Å². The molecule has 0 aromatic heterocycles. The van der Waals surface area contributed by atoms with Crippen LogP contribution >= 0.6 is 12.8 Å². The summed E-state index contributed by atoms with van der Waals surface area (Å²) in [5, 5.41) is 0. The Balaban J connectivity index is 2.25. The number of hydrogen-bond donors (Lipinski definition) is 1. The van der Waals surface area contributed by atoms with Crippen molar-refractivity contribution in [3.63, 3.8) is 0 Å². The lowest BCUT2D eigenvalue weighted by atomic mass is 9.81. The largest absolute Gasteiger partial charge is 0.273 e. The van der Waals surface area contributed by atoms with Crippen LogP contribution in [-0.2, 0) is 9.59 Å². The molecule has 1 aliphatic carbocycles. The van der Waals surface area contributed by atoms with Crippen molar-refractivity contribution in [2.75, 3.05) is 0 Å². The standard InChI is InChI=1S/C8H11NO2S/c10-7-5-3-1-2-4-6(5)8(11)9(7)12/h5-6,12H,1-4H2. The molecule has 0 N–H and O–H groups in total. The zero-order valence-corrected chi connectivity index (χ0v) is 7.59. The number of hydrogen-bond acceptors (Lipinski definition) is 3. The highest BCUT2D eigenvalue weighted by Crippen LogP contribution is 2.38. The first-order chi connectivity index (χ1) is 5.72. The fraction of sp³-hybridized carbons (Fsp3) is 0.750. The van der Waals surface area contributed by atoms with Gasteiger partial charge >= 0.3 is 0 Å². The van der Waals surface area contributed by atoms with E-state index in [1.54, 1.807) is 0 Å². The van der Waals surface area contributed by atoms with Gasteiger partial charge in [-0.15, -0.1) is 0 Å². The predicted molar refractivity (Wildman–Crippen MR) is 46.3 cm³/mol. The number of rotatable bonds is 0. The maximum atomic E-state index is 11.4. The van der Waals surface area contributed by atoms with Crippen LogP contribution in [0.2, 0.25) is 0 Å². The van der Waals surface area contributed by atoms with Crippen LogP contribution in [-0.4, -0.2) is 16.1 Å². The lowest BCUT2D eigenvalue weighted by molar-refractivity contribution is -0.133. The van der Waals surface area contributed by atoms with Gasteiger partial charge in [0, 0.05) is 0 Å². The highest BCUT2D eigenvalue weighted by Gasteiger charge is 2.46. The van der Waals surface area contributed by atoms with Crippen molar-refractivity contribution in [2.45, 2.75) is 25.7 Å². The molecule has 2 fully saturated rings. The van der Waals surface area contributed by atoms with E-state index in [1.807, 2.05) is 0 Å². The SMILES string of the molecule is O=C1C2CCCCC2C(=O)N1S. The summed E-state index contributed by atoms with van der Waals surface area (Å²) in [5.41, 5.74) is 0. The first-order valence-corrected chi connectivity index (χ1v) is 4.68. The Morgan fingerprint density at radius 2 is 1.50 bits per heavy atom. The second-order valence-electron chi connectivity index (χ2n) is 3.49. The van der Waals surface area contributed by atoms with E-state index in [4.69, 9.17) is 0 Å². The van der Waals surface area contributed by atoms with E-state index in [9.17, 15) is 9.59 Å². The van der Waals surface area contributed by atoms with E-state index in [0.29, 0.717) is 0 Å². The zero-order chi connectivity index (χ0) is 8.72. The normalized spacial score (nSPS) is 35.6. The van der Waals surface area contributed by atoms with Gasteiger partial charge in [-0.1, -0.05) is 25.7 Å². The van der Waals surface area contributed by atoms with Gasteiger partial charge in [-0.3, -0.25) is 9.59 Å². The first-order valence-electron chi connectivity index (χ1n) is 4.28. The van der Waals surface area contributed by atoms with Crippen LogP contribution in [0.5, 0.6) is 0 Å². The maximum absolute atomic E-state index is 11.4. The van der Waals surface area contributed by atoms with E-state index in [2.05, 4.69) is 12.8 Å². The molecule has 0 spiro atoms. The van der Waals surface area contributed by atoms with Gasteiger partial charge in [-0.2, -0.15) is 0 Å². The molecule has 2 amide bonds. The van der Waals surface area contributed by atoms with Crippen LogP contribution in [0, 0.1) is 11.8 Å². The van der Waals surface area contributed by atoms with Gasteiger partial charge in [0.05, 0.1) is 11.8 Å². The number of carbonyl (C=O) groups is 2. The molecule has 1 heterocycles. The Labute approximate surface area is 76.7 Å². The third-order valence-corrected chi connectivity index (χ3v) is 3.21. The molecule has 2 aliphatic rings. The highest BCUT2D eigenvalue weighted by atomic mass is 32.1. The quantitative estimate of drug-likeness (QED) is 0.451. The number of thiol groups is 1. The molecule has 2 atom stereocenters. The van der Waals surface area contributed by atoms with Gasteiger partial charge in [0.25, 0.3) is 0 Å². The molecule has 12 heavy (non-hydrogen) atoms. The second-order valence-corrected chi connectivity index (χ2v) is 3.89. The smallest absolute Gasteiger partial charge is 0.243 e. The summed E-state index contributed by atoms with van der Waals surface area (Å²) in [6.45, 7) is 0. The molecule has 1 saturated heterocycles. The molecule has 66 valence electrons. The Morgan fingerprint density at radius 3 is 1.92 bits per heavy atom. The van der Waals surface area contributed by atoms with Crippen LogP contribution in [0.25, 0.3) is 0 Å². The van der Waals surface area contributed by atoms with Crippen molar-refractivity contribution >= 4 is 24.6 Å². The van der Waals surface area contributed by atoms with Gasteiger partial charge in [-0.25, -0.2) is 4.31 Å². The summed E-state index contributed by atoms with van der Waals surface area (Å²) in [5.74, 6) is -0.284. The fourth-order valence-electron chi connectivity index (χ4n) is 2.14. The van der Waals surface area contributed by atoms with Crippen LogP contribution in [0.15, 0.2) is 0 Å².